The molecule has 1 amide bonds. The van der Waals surface area contributed by atoms with E-state index in [0.717, 1.165) is 10.5 Å². The summed E-state index contributed by atoms with van der Waals surface area (Å²) in [6.45, 7) is 1.49. The van der Waals surface area contributed by atoms with Crippen molar-refractivity contribution in [2.75, 3.05) is 24.8 Å². The van der Waals surface area contributed by atoms with Gasteiger partial charge in [-0.15, -0.1) is 11.8 Å². The van der Waals surface area contributed by atoms with E-state index in [4.69, 9.17) is 4.74 Å². The highest BCUT2D eigenvalue weighted by Gasteiger charge is 2.34. The molecule has 26 heavy (non-hydrogen) atoms. The van der Waals surface area contributed by atoms with Crippen molar-refractivity contribution >= 4 is 39.6 Å². The predicted octanol–water partition coefficient (Wildman–Crippen LogP) is 2.00. The number of thioether (sulfide) groups is 1. The van der Waals surface area contributed by atoms with Gasteiger partial charge in [0.25, 0.3) is 5.91 Å². The van der Waals surface area contributed by atoms with E-state index in [9.17, 15) is 18.0 Å². The summed E-state index contributed by atoms with van der Waals surface area (Å²) in [5, 5.41) is 0. The molecule has 2 atom stereocenters. The largest absolute Gasteiger partial charge is 0.449 e. The molecule has 6 nitrogen and oxygen atoms in total. The number of hydrogen-bond acceptors (Lipinski definition) is 6. The van der Waals surface area contributed by atoms with E-state index in [2.05, 4.69) is 0 Å². The highest BCUT2D eigenvalue weighted by atomic mass is 32.2. The molecule has 8 heteroatoms. The van der Waals surface area contributed by atoms with Crippen LogP contribution in [0.5, 0.6) is 0 Å². The van der Waals surface area contributed by atoms with Crippen LogP contribution in [0.2, 0.25) is 0 Å². The monoisotopic (exact) mass is 397 g/mol. The minimum absolute atomic E-state index is 0.0398. The molecule has 1 fully saturated rings. The van der Waals surface area contributed by atoms with E-state index in [1.807, 2.05) is 30.5 Å². The second-order valence-electron chi connectivity index (χ2n) is 6.19. The maximum Gasteiger partial charge on any atom is 0.331 e. The van der Waals surface area contributed by atoms with E-state index in [0.29, 0.717) is 6.42 Å². The summed E-state index contributed by atoms with van der Waals surface area (Å²) >= 11 is 1.63. The van der Waals surface area contributed by atoms with Crippen molar-refractivity contribution in [1.82, 2.24) is 4.90 Å². The number of rotatable bonds is 6. The van der Waals surface area contributed by atoms with Gasteiger partial charge in [-0.25, -0.2) is 13.2 Å². The number of sulfone groups is 1. The minimum atomic E-state index is -3.08. The summed E-state index contributed by atoms with van der Waals surface area (Å²) < 4.78 is 28.2. The lowest BCUT2D eigenvalue weighted by molar-refractivity contribution is -0.155. The molecule has 1 aliphatic heterocycles. The summed E-state index contributed by atoms with van der Waals surface area (Å²) in [6, 6.07) is 7.31. The van der Waals surface area contributed by atoms with Gasteiger partial charge in [0.15, 0.2) is 15.9 Å². The summed E-state index contributed by atoms with van der Waals surface area (Å²) in [5.41, 5.74) is 0.854. The Bertz CT molecular complexity index is 786. The van der Waals surface area contributed by atoms with Crippen molar-refractivity contribution < 1.29 is 22.7 Å². The first-order chi connectivity index (χ1) is 12.2. The van der Waals surface area contributed by atoms with Crippen molar-refractivity contribution in [2.24, 2.45) is 0 Å². The van der Waals surface area contributed by atoms with Crippen LogP contribution in [0, 0.1) is 0 Å². The van der Waals surface area contributed by atoms with Crippen LogP contribution in [0.25, 0.3) is 6.08 Å². The zero-order valence-electron chi connectivity index (χ0n) is 15.0. The smallest absolute Gasteiger partial charge is 0.331 e. The van der Waals surface area contributed by atoms with Crippen LogP contribution in [0.1, 0.15) is 18.9 Å². The Morgan fingerprint density at radius 1 is 1.31 bits per heavy atom. The third-order valence-electron chi connectivity index (χ3n) is 4.27. The third-order valence-corrected chi connectivity index (χ3v) is 6.77. The molecule has 0 aliphatic carbocycles. The van der Waals surface area contributed by atoms with Crippen molar-refractivity contribution in [3.8, 4) is 0 Å². The van der Waals surface area contributed by atoms with Gasteiger partial charge < -0.3 is 9.64 Å². The quantitative estimate of drug-likeness (QED) is 0.415. The molecule has 0 saturated carbocycles. The first kappa shape index (κ1) is 20.5. The lowest BCUT2D eigenvalue weighted by Gasteiger charge is -2.26. The number of carbonyl (C=O) groups is 2. The first-order valence-electron chi connectivity index (χ1n) is 8.21. The van der Waals surface area contributed by atoms with Gasteiger partial charge in [-0.05, 0) is 43.4 Å². The van der Waals surface area contributed by atoms with E-state index < -0.39 is 27.8 Å². The van der Waals surface area contributed by atoms with Gasteiger partial charge in [0, 0.05) is 24.1 Å². The Labute approximate surface area is 158 Å². The van der Waals surface area contributed by atoms with E-state index in [-0.39, 0.29) is 17.5 Å². The molecule has 0 N–H and O–H groups in total. The van der Waals surface area contributed by atoms with Gasteiger partial charge in [0.1, 0.15) is 0 Å². The van der Waals surface area contributed by atoms with Gasteiger partial charge in [-0.1, -0.05) is 12.1 Å². The topological polar surface area (TPSA) is 80.8 Å². The van der Waals surface area contributed by atoms with E-state index >= 15 is 0 Å². The average Bonchev–Trinajstić information content (AvgIpc) is 2.98. The highest BCUT2D eigenvalue weighted by molar-refractivity contribution is 7.98. The van der Waals surface area contributed by atoms with Gasteiger partial charge in [0.2, 0.25) is 0 Å². The second-order valence-corrected chi connectivity index (χ2v) is 9.30. The Morgan fingerprint density at radius 3 is 2.50 bits per heavy atom. The number of amides is 1. The summed E-state index contributed by atoms with van der Waals surface area (Å²) in [6.07, 6.45) is 4.32. The Kier molecular flexibility index (Phi) is 6.88. The number of hydrogen-bond donors (Lipinski definition) is 0. The number of ether oxygens (including phenoxy) is 1. The van der Waals surface area contributed by atoms with Crippen LogP contribution < -0.4 is 0 Å². The molecule has 0 radical (unpaired) electrons. The van der Waals surface area contributed by atoms with Crippen molar-refractivity contribution in [3.05, 3.63) is 35.9 Å². The fourth-order valence-electron chi connectivity index (χ4n) is 2.69. The SMILES string of the molecule is CSc1ccc(/C=C/C(=O)O[C@@H](C)C(=O)N(C)[C@H]2CCS(=O)(=O)C2)cc1. The number of nitrogens with zero attached hydrogens (tertiary/aromatic N) is 1. The molecule has 1 aromatic carbocycles. The number of likely N-dealkylation sites (N-methyl/N-ethyl adjacent to an activating group) is 1. The van der Waals surface area contributed by atoms with Crippen LogP contribution in [-0.2, 0) is 24.2 Å². The number of carbonyl (C=O) groups excluding carboxylic acids is 2. The van der Waals surface area contributed by atoms with Crippen LogP contribution in [0.4, 0.5) is 0 Å². The summed E-state index contributed by atoms with van der Waals surface area (Å²) in [4.78, 5) is 26.8. The van der Waals surface area contributed by atoms with Crippen molar-refractivity contribution in [2.45, 2.75) is 30.4 Å². The van der Waals surface area contributed by atoms with Crippen LogP contribution in [-0.4, -0.2) is 62.1 Å². The molecule has 0 spiro atoms. The molecule has 0 bridgehead atoms. The van der Waals surface area contributed by atoms with Crippen LogP contribution in [0.3, 0.4) is 0 Å². The molecular weight excluding hydrogens is 374 g/mol. The molecular formula is C18H23NO5S2. The Hall–Kier alpha value is -1.80. The average molecular weight is 398 g/mol. The molecule has 1 aliphatic rings. The van der Waals surface area contributed by atoms with E-state index in [1.54, 1.807) is 24.9 Å². The Morgan fingerprint density at radius 2 is 1.96 bits per heavy atom. The lowest BCUT2D eigenvalue weighted by atomic mass is 10.2. The maximum absolute atomic E-state index is 12.3. The fourth-order valence-corrected chi connectivity index (χ4v) is 4.87. The molecule has 0 unspecified atom stereocenters. The molecule has 0 aromatic heterocycles. The van der Waals surface area contributed by atoms with Crippen molar-refractivity contribution in [3.63, 3.8) is 0 Å². The summed E-state index contributed by atoms with van der Waals surface area (Å²) in [5.74, 6) is -0.978. The number of benzene rings is 1. The van der Waals surface area contributed by atoms with Crippen LogP contribution in [0.15, 0.2) is 35.2 Å². The van der Waals surface area contributed by atoms with Gasteiger partial charge in [-0.3, -0.25) is 4.79 Å². The predicted molar refractivity (Wildman–Crippen MR) is 103 cm³/mol. The van der Waals surface area contributed by atoms with Crippen LogP contribution >= 0.6 is 11.8 Å². The van der Waals surface area contributed by atoms with Gasteiger partial charge >= 0.3 is 5.97 Å². The number of esters is 1. The zero-order chi connectivity index (χ0) is 19.3. The molecule has 142 valence electrons. The lowest BCUT2D eigenvalue weighted by Crippen LogP contribution is -2.44. The standard InChI is InChI=1S/C18H23NO5S2/c1-13(18(21)19(2)15-10-11-26(22,23)12-15)24-17(20)9-6-14-4-7-16(25-3)8-5-14/h4-9,13,15H,10-12H2,1-3H3/b9-6+/t13-,15-/m0/s1. The first-order valence-corrected chi connectivity index (χ1v) is 11.3. The fraction of sp³-hybridized carbons (Fsp3) is 0.444. The van der Waals surface area contributed by atoms with Gasteiger partial charge in [-0.2, -0.15) is 0 Å². The zero-order valence-corrected chi connectivity index (χ0v) is 16.7. The second kappa shape index (κ2) is 8.73. The van der Waals surface area contributed by atoms with E-state index in [1.165, 1.54) is 17.9 Å². The molecule has 1 heterocycles. The minimum Gasteiger partial charge on any atom is -0.449 e. The van der Waals surface area contributed by atoms with Crippen molar-refractivity contribution in [1.29, 1.82) is 0 Å². The Balaban J connectivity index is 1.89. The highest BCUT2D eigenvalue weighted by Crippen LogP contribution is 2.18. The molecule has 1 saturated heterocycles. The van der Waals surface area contributed by atoms with Gasteiger partial charge in [0.05, 0.1) is 11.5 Å². The normalized spacial score (nSPS) is 20.0. The summed E-state index contributed by atoms with van der Waals surface area (Å²) in [7, 11) is -1.54. The molecule has 1 aromatic rings. The third kappa shape index (κ3) is 5.60. The molecule has 2 rings (SSSR count). The maximum atomic E-state index is 12.3.